The zero-order valence-electron chi connectivity index (χ0n) is 9.55. The quantitative estimate of drug-likeness (QED) is 0.546. The number of nitrogens with one attached hydrogen (secondary N) is 3. The molecule has 3 heterocycles. The van der Waals surface area contributed by atoms with E-state index in [1.807, 2.05) is 0 Å². The second-order valence-corrected chi connectivity index (χ2v) is 4.27. The monoisotopic (exact) mass is 247 g/mol. The van der Waals surface area contributed by atoms with E-state index in [0.29, 0.717) is 24.3 Å². The van der Waals surface area contributed by atoms with Gasteiger partial charge in [0.2, 0.25) is 0 Å². The molecular formula is C11H13N5O2. The molecule has 0 aliphatic carbocycles. The molecule has 2 aromatic heterocycles. The van der Waals surface area contributed by atoms with Crippen molar-refractivity contribution in [2.24, 2.45) is 0 Å². The van der Waals surface area contributed by atoms with Gasteiger partial charge in [0.25, 0.3) is 5.91 Å². The van der Waals surface area contributed by atoms with Crippen LogP contribution in [0.25, 0.3) is 11.2 Å². The molecule has 1 amide bonds. The Morgan fingerprint density at radius 2 is 2.39 bits per heavy atom. The lowest BCUT2D eigenvalue weighted by molar-refractivity contribution is 0.0883. The van der Waals surface area contributed by atoms with E-state index >= 15 is 0 Å². The van der Waals surface area contributed by atoms with E-state index < -0.39 is 6.10 Å². The van der Waals surface area contributed by atoms with Crippen molar-refractivity contribution in [3.63, 3.8) is 0 Å². The van der Waals surface area contributed by atoms with Gasteiger partial charge < -0.3 is 20.7 Å². The number of hydrogen-bond donors (Lipinski definition) is 4. The summed E-state index contributed by atoms with van der Waals surface area (Å²) in [6.45, 7) is 1.06. The van der Waals surface area contributed by atoms with Gasteiger partial charge in [0.1, 0.15) is 11.2 Å². The fraction of sp³-hybridized carbons (Fsp3) is 0.364. The van der Waals surface area contributed by atoms with Gasteiger partial charge in [-0.1, -0.05) is 0 Å². The van der Waals surface area contributed by atoms with Gasteiger partial charge in [-0.05, 0) is 6.07 Å². The van der Waals surface area contributed by atoms with E-state index in [2.05, 4.69) is 25.6 Å². The van der Waals surface area contributed by atoms with Crippen LogP contribution in [0.1, 0.15) is 10.5 Å². The molecule has 4 N–H and O–H groups in total. The van der Waals surface area contributed by atoms with Crippen LogP contribution in [-0.4, -0.2) is 51.2 Å². The Labute approximate surface area is 103 Å². The van der Waals surface area contributed by atoms with Crippen LogP contribution in [0.15, 0.2) is 18.5 Å². The van der Waals surface area contributed by atoms with Gasteiger partial charge in [-0.3, -0.25) is 4.79 Å². The van der Waals surface area contributed by atoms with E-state index in [0.717, 1.165) is 0 Å². The van der Waals surface area contributed by atoms with Crippen LogP contribution >= 0.6 is 0 Å². The number of rotatable bonds is 2. The van der Waals surface area contributed by atoms with Crippen molar-refractivity contribution in [3.05, 3.63) is 24.2 Å². The molecule has 0 radical (unpaired) electrons. The highest BCUT2D eigenvalue weighted by molar-refractivity contribution is 5.93. The number of aliphatic hydroxyl groups excluding tert-OH is 1. The zero-order chi connectivity index (χ0) is 12.5. The van der Waals surface area contributed by atoms with Crippen molar-refractivity contribution < 1.29 is 9.90 Å². The largest absolute Gasteiger partial charge is 0.390 e. The van der Waals surface area contributed by atoms with E-state index in [-0.39, 0.29) is 17.6 Å². The molecular weight excluding hydrogens is 234 g/mol. The van der Waals surface area contributed by atoms with Gasteiger partial charge in [-0.2, -0.15) is 0 Å². The molecule has 7 nitrogen and oxygen atoms in total. The second-order valence-electron chi connectivity index (χ2n) is 4.27. The number of carbonyl (C=O) groups excluding carboxylic acids is 1. The number of aromatic amines is 1. The first-order valence-corrected chi connectivity index (χ1v) is 5.74. The molecule has 2 aromatic rings. The summed E-state index contributed by atoms with van der Waals surface area (Å²) in [5.41, 5.74) is 1.54. The van der Waals surface area contributed by atoms with Gasteiger partial charge in [-0.15, -0.1) is 0 Å². The number of amides is 1. The predicted octanol–water partition coefficient (Wildman–Crippen LogP) is -0.980. The Morgan fingerprint density at radius 1 is 1.50 bits per heavy atom. The molecule has 94 valence electrons. The maximum atomic E-state index is 11.9. The number of carbonyl (C=O) groups is 1. The minimum atomic E-state index is -0.558. The number of aromatic nitrogens is 3. The minimum Gasteiger partial charge on any atom is -0.390 e. The van der Waals surface area contributed by atoms with Crippen LogP contribution in [-0.2, 0) is 0 Å². The molecule has 18 heavy (non-hydrogen) atoms. The third kappa shape index (κ3) is 1.93. The second kappa shape index (κ2) is 4.35. The lowest BCUT2D eigenvalue weighted by Crippen LogP contribution is -2.43. The Hall–Kier alpha value is -1.99. The Kier molecular flexibility index (Phi) is 2.69. The Balaban J connectivity index is 1.78. The maximum absolute atomic E-state index is 11.9. The summed E-state index contributed by atoms with van der Waals surface area (Å²) in [6, 6.07) is 1.48. The first-order valence-electron chi connectivity index (χ1n) is 5.74. The summed E-state index contributed by atoms with van der Waals surface area (Å²) in [5, 5.41) is 15.3. The van der Waals surface area contributed by atoms with Crippen molar-refractivity contribution >= 4 is 17.1 Å². The lowest BCUT2D eigenvalue weighted by Gasteiger charge is -2.14. The highest BCUT2D eigenvalue weighted by Gasteiger charge is 2.27. The summed E-state index contributed by atoms with van der Waals surface area (Å²) in [6.07, 6.45) is 2.58. The summed E-state index contributed by atoms with van der Waals surface area (Å²) in [4.78, 5) is 23.2. The van der Waals surface area contributed by atoms with Crippen molar-refractivity contribution in [1.82, 2.24) is 25.6 Å². The highest BCUT2D eigenvalue weighted by atomic mass is 16.3. The molecule has 1 aliphatic heterocycles. The van der Waals surface area contributed by atoms with Crippen LogP contribution in [0.3, 0.4) is 0 Å². The van der Waals surface area contributed by atoms with Gasteiger partial charge in [0.15, 0.2) is 5.65 Å². The lowest BCUT2D eigenvalue weighted by atomic mass is 10.2. The topological polar surface area (TPSA) is 103 Å². The van der Waals surface area contributed by atoms with E-state index in [4.69, 9.17) is 0 Å². The predicted molar refractivity (Wildman–Crippen MR) is 64.0 cm³/mol. The third-order valence-corrected chi connectivity index (χ3v) is 2.99. The molecule has 0 bridgehead atoms. The number of nitrogens with zero attached hydrogens (tertiary/aromatic N) is 2. The molecule has 0 aromatic carbocycles. The molecule has 3 rings (SSSR count). The van der Waals surface area contributed by atoms with Crippen LogP contribution in [0.5, 0.6) is 0 Å². The fourth-order valence-electron chi connectivity index (χ4n) is 1.99. The molecule has 1 fully saturated rings. The highest BCUT2D eigenvalue weighted by Crippen LogP contribution is 2.07. The smallest absolute Gasteiger partial charge is 0.271 e. The summed E-state index contributed by atoms with van der Waals surface area (Å²) in [5.74, 6) is -0.321. The number of hydrogen-bond acceptors (Lipinski definition) is 5. The number of fused-ring (bicyclic) bond motifs is 1. The third-order valence-electron chi connectivity index (χ3n) is 2.99. The summed E-state index contributed by atoms with van der Waals surface area (Å²) in [7, 11) is 0. The van der Waals surface area contributed by atoms with Gasteiger partial charge in [0.05, 0.1) is 18.3 Å². The first kappa shape index (κ1) is 11.1. The Morgan fingerprint density at radius 3 is 3.17 bits per heavy atom. The normalized spacial score (nSPS) is 23.4. The van der Waals surface area contributed by atoms with Crippen LogP contribution in [0, 0.1) is 0 Å². The summed E-state index contributed by atoms with van der Waals surface area (Å²) >= 11 is 0. The van der Waals surface area contributed by atoms with Gasteiger partial charge >= 0.3 is 0 Å². The molecule has 1 aliphatic rings. The van der Waals surface area contributed by atoms with E-state index in [9.17, 15) is 9.90 Å². The molecule has 7 heteroatoms. The standard InChI is InChI=1S/C11H13N5O2/c17-9-5-12-3-7(9)16-11(18)8-4-14-10-6(15-8)1-2-13-10/h1-2,4,7,9,12,17H,3,5H2,(H,13,14)(H,16,18)/t7-,9-/m1/s1. The maximum Gasteiger partial charge on any atom is 0.271 e. The van der Waals surface area contributed by atoms with Crippen molar-refractivity contribution in [1.29, 1.82) is 0 Å². The number of aliphatic hydroxyl groups is 1. The van der Waals surface area contributed by atoms with Crippen molar-refractivity contribution in [2.45, 2.75) is 12.1 Å². The zero-order valence-corrected chi connectivity index (χ0v) is 9.55. The molecule has 2 atom stereocenters. The van der Waals surface area contributed by atoms with E-state index in [1.165, 1.54) is 6.20 Å². The molecule has 1 saturated heterocycles. The Bertz CT molecular complexity index is 582. The van der Waals surface area contributed by atoms with Gasteiger partial charge in [-0.25, -0.2) is 9.97 Å². The van der Waals surface area contributed by atoms with Crippen molar-refractivity contribution in [2.75, 3.05) is 13.1 Å². The SMILES string of the molecule is O=C(N[C@@H]1CNC[C@H]1O)c1cnc2[nH]ccc2n1. The first-order chi connectivity index (χ1) is 8.74. The van der Waals surface area contributed by atoms with Crippen LogP contribution in [0.4, 0.5) is 0 Å². The fourth-order valence-corrected chi connectivity index (χ4v) is 1.99. The molecule has 0 unspecified atom stereocenters. The molecule has 0 spiro atoms. The van der Waals surface area contributed by atoms with Crippen molar-refractivity contribution in [3.8, 4) is 0 Å². The summed E-state index contributed by atoms with van der Waals surface area (Å²) < 4.78 is 0. The number of β-amino-alcohol motifs (C(OH)–C–C–N with tert-alkyl or cyclic N) is 1. The van der Waals surface area contributed by atoms with E-state index in [1.54, 1.807) is 12.3 Å². The minimum absolute atomic E-state index is 0.251. The number of H-pyrrole nitrogens is 1. The van der Waals surface area contributed by atoms with Crippen LogP contribution in [0.2, 0.25) is 0 Å². The molecule has 0 saturated carbocycles. The average molecular weight is 247 g/mol. The average Bonchev–Trinajstić information content (AvgIpc) is 2.98. The van der Waals surface area contributed by atoms with Gasteiger partial charge in [0, 0.05) is 19.3 Å². The van der Waals surface area contributed by atoms with Crippen LogP contribution < -0.4 is 10.6 Å².